The van der Waals surface area contributed by atoms with Crippen molar-refractivity contribution < 1.29 is 4.74 Å². The van der Waals surface area contributed by atoms with Gasteiger partial charge in [0.2, 0.25) is 0 Å². The fraction of sp³-hybridized carbons (Fsp3) is 0.385. The van der Waals surface area contributed by atoms with Gasteiger partial charge in [-0.3, -0.25) is 4.98 Å². The molecule has 2 aromatic heterocycles. The summed E-state index contributed by atoms with van der Waals surface area (Å²) in [4.78, 5) is 8.60. The van der Waals surface area contributed by atoms with Crippen LogP contribution in [0.3, 0.4) is 0 Å². The molecule has 0 bridgehead atoms. The normalized spacial score (nSPS) is 14.4. The summed E-state index contributed by atoms with van der Waals surface area (Å²) < 4.78 is 6.67. The average Bonchev–Trinajstić information content (AvgIpc) is 2.36. The van der Waals surface area contributed by atoms with E-state index in [1.165, 1.54) is 0 Å². The molecule has 0 aliphatic rings. The summed E-state index contributed by atoms with van der Waals surface area (Å²) in [6.07, 6.45) is 4.30. The molecule has 2 heterocycles. The van der Waals surface area contributed by atoms with Gasteiger partial charge < -0.3 is 10.5 Å². The molecular formula is C13H16BrN3O. The van der Waals surface area contributed by atoms with Crippen LogP contribution in [0.2, 0.25) is 0 Å². The van der Waals surface area contributed by atoms with Gasteiger partial charge in [-0.1, -0.05) is 6.92 Å². The molecule has 0 saturated heterocycles. The Morgan fingerprint density at radius 1 is 1.44 bits per heavy atom. The van der Waals surface area contributed by atoms with E-state index in [0.717, 1.165) is 27.7 Å². The van der Waals surface area contributed by atoms with E-state index < -0.39 is 0 Å². The number of ether oxygens (including phenoxy) is 1. The number of hydrogen-bond donors (Lipinski definition) is 1. The van der Waals surface area contributed by atoms with E-state index in [-0.39, 0.29) is 5.54 Å². The van der Waals surface area contributed by atoms with Crippen LogP contribution in [0.4, 0.5) is 0 Å². The van der Waals surface area contributed by atoms with Crippen molar-refractivity contribution in [3.8, 4) is 5.75 Å². The molecule has 1 unspecified atom stereocenters. The van der Waals surface area contributed by atoms with Crippen molar-refractivity contribution >= 4 is 27.0 Å². The molecule has 18 heavy (non-hydrogen) atoms. The van der Waals surface area contributed by atoms with Gasteiger partial charge in [0.25, 0.3) is 0 Å². The lowest BCUT2D eigenvalue weighted by atomic mass is 10.0. The van der Waals surface area contributed by atoms with E-state index in [2.05, 4.69) is 25.9 Å². The van der Waals surface area contributed by atoms with E-state index in [1.807, 2.05) is 26.0 Å². The Morgan fingerprint density at radius 3 is 2.94 bits per heavy atom. The summed E-state index contributed by atoms with van der Waals surface area (Å²) in [5, 5.41) is 0. The molecule has 96 valence electrons. The number of aromatic nitrogens is 2. The minimum atomic E-state index is -0.328. The highest BCUT2D eigenvalue weighted by molar-refractivity contribution is 9.10. The van der Waals surface area contributed by atoms with Crippen LogP contribution in [0.1, 0.15) is 20.3 Å². The zero-order valence-electron chi connectivity index (χ0n) is 10.5. The fourth-order valence-electron chi connectivity index (χ4n) is 1.44. The van der Waals surface area contributed by atoms with Crippen LogP contribution in [0, 0.1) is 0 Å². The van der Waals surface area contributed by atoms with Gasteiger partial charge >= 0.3 is 0 Å². The summed E-state index contributed by atoms with van der Waals surface area (Å²) in [5.41, 5.74) is 7.29. The Balaban J connectivity index is 2.29. The van der Waals surface area contributed by atoms with Crippen LogP contribution in [-0.4, -0.2) is 22.1 Å². The van der Waals surface area contributed by atoms with E-state index in [9.17, 15) is 0 Å². The van der Waals surface area contributed by atoms with Crippen LogP contribution in [0.15, 0.2) is 29.0 Å². The minimum absolute atomic E-state index is 0.328. The van der Waals surface area contributed by atoms with Crippen molar-refractivity contribution in [2.75, 3.05) is 6.61 Å². The maximum absolute atomic E-state index is 6.06. The molecular weight excluding hydrogens is 294 g/mol. The van der Waals surface area contributed by atoms with E-state index in [1.54, 1.807) is 12.4 Å². The highest BCUT2D eigenvalue weighted by Gasteiger charge is 2.17. The second kappa shape index (κ2) is 5.20. The first kappa shape index (κ1) is 13.2. The van der Waals surface area contributed by atoms with Crippen molar-refractivity contribution in [3.05, 3.63) is 29.0 Å². The third-order valence-electron chi connectivity index (χ3n) is 2.87. The quantitative estimate of drug-likeness (QED) is 0.943. The highest BCUT2D eigenvalue weighted by atomic mass is 79.9. The number of halogens is 1. The molecule has 2 aromatic rings. The fourth-order valence-corrected chi connectivity index (χ4v) is 1.76. The first-order chi connectivity index (χ1) is 8.52. The van der Waals surface area contributed by atoms with Gasteiger partial charge in [-0.15, -0.1) is 0 Å². The molecule has 0 aromatic carbocycles. The molecule has 0 spiro atoms. The zero-order valence-corrected chi connectivity index (χ0v) is 12.1. The van der Waals surface area contributed by atoms with Crippen LogP contribution < -0.4 is 10.5 Å². The zero-order chi connectivity index (χ0) is 13.2. The number of pyridine rings is 2. The number of rotatable bonds is 4. The van der Waals surface area contributed by atoms with Crippen molar-refractivity contribution in [2.45, 2.75) is 25.8 Å². The van der Waals surface area contributed by atoms with Crippen LogP contribution in [0.25, 0.3) is 11.0 Å². The highest BCUT2D eigenvalue weighted by Crippen LogP contribution is 2.24. The molecule has 1 atom stereocenters. The lowest BCUT2D eigenvalue weighted by Crippen LogP contribution is -2.41. The molecule has 2 rings (SSSR count). The van der Waals surface area contributed by atoms with Gasteiger partial charge in [0.1, 0.15) is 17.9 Å². The Hall–Kier alpha value is -1.20. The summed E-state index contributed by atoms with van der Waals surface area (Å²) >= 11 is 3.38. The lowest BCUT2D eigenvalue weighted by Gasteiger charge is -2.22. The maximum atomic E-state index is 6.06. The van der Waals surface area contributed by atoms with Gasteiger partial charge in [-0.05, 0) is 35.3 Å². The first-order valence-corrected chi connectivity index (χ1v) is 6.63. The van der Waals surface area contributed by atoms with E-state index in [4.69, 9.17) is 10.5 Å². The second-order valence-electron chi connectivity index (χ2n) is 4.63. The molecule has 2 N–H and O–H groups in total. The third-order valence-corrected chi connectivity index (χ3v) is 3.31. The van der Waals surface area contributed by atoms with Crippen LogP contribution in [-0.2, 0) is 0 Å². The van der Waals surface area contributed by atoms with Gasteiger partial charge in [0.15, 0.2) is 0 Å². The number of fused-ring (bicyclic) bond motifs is 1. The summed E-state index contributed by atoms with van der Waals surface area (Å²) in [7, 11) is 0. The SMILES string of the molecule is CCC(C)(N)COc1ccnc2cc(Br)cnc12. The Labute approximate surface area is 115 Å². The van der Waals surface area contributed by atoms with Crippen molar-refractivity contribution in [1.29, 1.82) is 0 Å². The number of nitrogens with two attached hydrogens (primary N) is 1. The van der Waals surface area contributed by atoms with E-state index in [0.29, 0.717) is 6.61 Å². The number of hydrogen-bond acceptors (Lipinski definition) is 4. The molecule has 0 amide bonds. The third kappa shape index (κ3) is 2.97. The van der Waals surface area contributed by atoms with Gasteiger partial charge in [-0.2, -0.15) is 0 Å². The average molecular weight is 310 g/mol. The topological polar surface area (TPSA) is 61.0 Å². The lowest BCUT2D eigenvalue weighted by molar-refractivity contribution is 0.228. The van der Waals surface area contributed by atoms with Gasteiger partial charge in [0.05, 0.1) is 5.52 Å². The van der Waals surface area contributed by atoms with Crippen molar-refractivity contribution in [3.63, 3.8) is 0 Å². The molecule has 4 nitrogen and oxygen atoms in total. The first-order valence-electron chi connectivity index (χ1n) is 5.84. The Bertz CT molecular complexity index is 557. The van der Waals surface area contributed by atoms with Crippen molar-refractivity contribution in [2.24, 2.45) is 5.73 Å². The molecule has 0 saturated carbocycles. The minimum Gasteiger partial charge on any atom is -0.489 e. The predicted molar refractivity (Wildman–Crippen MR) is 75.6 cm³/mol. The molecule has 0 fully saturated rings. The van der Waals surface area contributed by atoms with E-state index >= 15 is 0 Å². The molecule has 5 heteroatoms. The smallest absolute Gasteiger partial charge is 0.148 e. The molecule has 0 radical (unpaired) electrons. The maximum Gasteiger partial charge on any atom is 0.148 e. The predicted octanol–water partition coefficient (Wildman–Crippen LogP) is 2.90. The summed E-state index contributed by atoms with van der Waals surface area (Å²) in [6, 6.07) is 3.73. The van der Waals surface area contributed by atoms with Crippen molar-refractivity contribution in [1.82, 2.24) is 9.97 Å². The largest absolute Gasteiger partial charge is 0.489 e. The molecule has 0 aliphatic carbocycles. The Kier molecular flexibility index (Phi) is 3.82. The van der Waals surface area contributed by atoms with Crippen LogP contribution in [0.5, 0.6) is 5.75 Å². The standard InChI is InChI=1S/C13H16BrN3O/c1-3-13(2,15)8-18-11-4-5-16-10-6-9(14)7-17-12(10)11/h4-7H,3,8,15H2,1-2H3. The summed E-state index contributed by atoms with van der Waals surface area (Å²) in [5.74, 6) is 0.720. The van der Waals surface area contributed by atoms with Gasteiger partial charge in [0, 0.05) is 28.5 Å². The van der Waals surface area contributed by atoms with Crippen LogP contribution >= 0.6 is 15.9 Å². The molecule has 0 aliphatic heterocycles. The monoisotopic (exact) mass is 309 g/mol. The Morgan fingerprint density at radius 2 is 2.22 bits per heavy atom. The summed E-state index contributed by atoms with van der Waals surface area (Å²) in [6.45, 7) is 4.48. The number of nitrogens with zero attached hydrogens (tertiary/aromatic N) is 2. The second-order valence-corrected chi connectivity index (χ2v) is 5.54. The van der Waals surface area contributed by atoms with Gasteiger partial charge in [-0.25, -0.2) is 4.98 Å².